The van der Waals surface area contributed by atoms with Crippen LogP contribution in [0.15, 0.2) is 42.9 Å². The molecule has 6 heteroatoms. The maximum Gasteiger partial charge on any atom is 0.230 e. The summed E-state index contributed by atoms with van der Waals surface area (Å²) in [6.07, 6.45) is 2.99. The van der Waals surface area contributed by atoms with E-state index < -0.39 is 0 Å². The fourth-order valence-electron chi connectivity index (χ4n) is 1.58. The zero-order chi connectivity index (χ0) is 12.4. The summed E-state index contributed by atoms with van der Waals surface area (Å²) < 4.78 is 1.47. The molecule has 0 unspecified atom stereocenters. The molecule has 3 aromatic rings. The van der Waals surface area contributed by atoms with Gasteiger partial charge in [-0.1, -0.05) is 18.2 Å². The molecule has 3 rings (SSSR count). The van der Waals surface area contributed by atoms with Crippen LogP contribution in [0, 0.1) is 11.3 Å². The van der Waals surface area contributed by atoms with Gasteiger partial charge < -0.3 is 5.32 Å². The highest BCUT2D eigenvalue weighted by Gasteiger charge is 2.06. The second-order valence-corrected chi connectivity index (χ2v) is 3.61. The van der Waals surface area contributed by atoms with Gasteiger partial charge >= 0.3 is 0 Å². The average molecular weight is 236 g/mol. The van der Waals surface area contributed by atoms with Gasteiger partial charge in [-0.2, -0.15) is 15.3 Å². The first-order valence-corrected chi connectivity index (χ1v) is 5.29. The normalized spacial score (nSPS) is 10.2. The molecule has 0 fully saturated rings. The lowest BCUT2D eigenvalue weighted by Crippen LogP contribution is -2.00. The van der Waals surface area contributed by atoms with Crippen molar-refractivity contribution >= 4 is 17.3 Å². The number of hydrogen-bond acceptors (Lipinski definition) is 5. The standard InChI is InChI=1S/C12H8N6/c13-6-9-7-15-18-8-14-12(17-11(9)18)16-10-4-2-1-3-5-10/h1-5,7-8H,(H,16,17). The molecule has 1 aromatic carbocycles. The minimum atomic E-state index is 0.425. The molecule has 0 amide bonds. The number of fused-ring (bicyclic) bond motifs is 1. The van der Waals surface area contributed by atoms with Gasteiger partial charge in [0, 0.05) is 5.69 Å². The topological polar surface area (TPSA) is 78.9 Å². The summed E-state index contributed by atoms with van der Waals surface area (Å²) in [5.74, 6) is 0.436. The van der Waals surface area contributed by atoms with E-state index in [2.05, 4.69) is 20.4 Å². The number of aromatic nitrogens is 4. The lowest BCUT2D eigenvalue weighted by molar-refractivity contribution is 0.895. The van der Waals surface area contributed by atoms with E-state index >= 15 is 0 Å². The summed E-state index contributed by atoms with van der Waals surface area (Å²) >= 11 is 0. The average Bonchev–Trinajstić information content (AvgIpc) is 2.82. The van der Waals surface area contributed by atoms with Gasteiger partial charge in [0.1, 0.15) is 18.0 Å². The van der Waals surface area contributed by atoms with Crippen molar-refractivity contribution in [3.8, 4) is 6.07 Å². The fraction of sp³-hybridized carbons (Fsp3) is 0. The summed E-state index contributed by atoms with van der Waals surface area (Å²) in [7, 11) is 0. The lowest BCUT2D eigenvalue weighted by Gasteiger charge is -2.03. The van der Waals surface area contributed by atoms with Crippen LogP contribution in [0.2, 0.25) is 0 Å². The number of nitriles is 1. The zero-order valence-corrected chi connectivity index (χ0v) is 9.28. The highest BCUT2D eigenvalue weighted by molar-refractivity contribution is 5.58. The maximum atomic E-state index is 8.92. The van der Waals surface area contributed by atoms with Crippen molar-refractivity contribution in [1.29, 1.82) is 5.26 Å². The quantitative estimate of drug-likeness (QED) is 0.733. The predicted molar refractivity (Wildman–Crippen MR) is 65.2 cm³/mol. The third kappa shape index (κ3) is 1.74. The number of nitrogens with one attached hydrogen (secondary N) is 1. The van der Waals surface area contributed by atoms with Crippen LogP contribution in [0.4, 0.5) is 11.6 Å². The molecule has 86 valence electrons. The minimum Gasteiger partial charge on any atom is -0.324 e. The molecule has 6 nitrogen and oxygen atoms in total. The fourth-order valence-corrected chi connectivity index (χ4v) is 1.58. The predicted octanol–water partition coefficient (Wildman–Crippen LogP) is 1.74. The zero-order valence-electron chi connectivity index (χ0n) is 9.28. The van der Waals surface area contributed by atoms with Crippen LogP contribution in [-0.4, -0.2) is 19.6 Å². The summed E-state index contributed by atoms with van der Waals surface area (Å²) in [4.78, 5) is 8.38. The van der Waals surface area contributed by atoms with Gasteiger partial charge in [0.15, 0.2) is 5.65 Å². The molecule has 0 aliphatic heterocycles. The summed E-state index contributed by atoms with van der Waals surface area (Å²) in [5.41, 5.74) is 1.80. The highest BCUT2D eigenvalue weighted by Crippen LogP contribution is 2.13. The van der Waals surface area contributed by atoms with Gasteiger partial charge in [-0.25, -0.2) is 9.50 Å². The van der Waals surface area contributed by atoms with Crippen molar-refractivity contribution in [2.24, 2.45) is 0 Å². The Bertz CT molecular complexity index is 725. The van der Waals surface area contributed by atoms with E-state index in [1.54, 1.807) is 0 Å². The Hall–Kier alpha value is -2.94. The SMILES string of the molecule is N#Cc1cnn2cnc(Nc3ccccc3)nc12. The van der Waals surface area contributed by atoms with Crippen LogP contribution < -0.4 is 5.32 Å². The monoisotopic (exact) mass is 236 g/mol. The Kier molecular flexibility index (Phi) is 2.35. The smallest absolute Gasteiger partial charge is 0.230 e. The van der Waals surface area contributed by atoms with Gasteiger partial charge in [0.2, 0.25) is 5.95 Å². The maximum absolute atomic E-state index is 8.92. The summed E-state index contributed by atoms with van der Waals surface area (Å²) in [5, 5.41) is 16.0. The Morgan fingerprint density at radius 3 is 2.83 bits per heavy atom. The third-order valence-electron chi connectivity index (χ3n) is 2.42. The van der Waals surface area contributed by atoms with E-state index in [4.69, 9.17) is 5.26 Å². The molecule has 18 heavy (non-hydrogen) atoms. The van der Waals surface area contributed by atoms with Crippen LogP contribution >= 0.6 is 0 Å². The van der Waals surface area contributed by atoms with Crippen LogP contribution in [0.1, 0.15) is 5.56 Å². The first-order valence-electron chi connectivity index (χ1n) is 5.29. The van der Waals surface area contributed by atoms with Crippen LogP contribution in [0.3, 0.4) is 0 Å². The van der Waals surface area contributed by atoms with Crippen LogP contribution in [-0.2, 0) is 0 Å². The molecular weight excluding hydrogens is 228 g/mol. The molecule has 0 spiro atoms. The van der Waals surface area contributed by atoms with Crippen molar-refractivity contribution < 1.29 is 0 Å². The number of rotatable bonds is 2. The van der Waals surface area contributed by atoms with Gasteiger partial charge in [0.25, 0.3) is 0 Å². The van der Waals surface area contributed by atoms with E-state index in [0.717, 1.165) is 5.69 Å². The van der Waals surface area contributed by atoms with E-state index in [-0.39, 0.29) is 0 Å². The molecule has 2 aromatic heterocycles. The van der Waals surface area contributed by atoms with Gasteiger partial charge in [-0.3, -0.25) is 0 Å². The lowest BCUT2D eigenvalue weighted by atomic mass is 10.3. The second kappa shape index (κ2) is 4.14. The van der Waals surface area contributed by atoms with Crippen molar-refractivity contribution in [3.05, 3.63) is 48.4 Å². The first-order chi connectivity index (χ1) is 8.86. The summed E-state index contributed by atoms with van der Waals surface area (Å²) in [6, 6.07) is 11.6. The molecule has 0 aliphatic rings. The van der Waals surface area contributed by atoms with Crippen molar-refractivity contribution in [2.45, 2.75) is 0 Å². The summed E-state index contributed by atoms with van der Waals surface area (Å²) in [6.45, 7) is 0. The molecule has 2 heterocycles. The molecule has 0 bridgehead atoms. The van der Waals surface area contributed by atoms with Crippen LogP contribution in [0.5, 0.6) is 0 Å². The Morgan fingerprint density at radius 1 is 1.22 bits per heavy atom. The highest BCUT2D eigenvalue weighted by atomic mass is 15.3. The largest absolute Gasteiger partial charge is 0.324 e. The van der Waals surface area contributed by atoms with Crippen molar-refractivity contribution in [3.63, 3.8) is 0 Å². The number of benzene rings is 1. The molecule has 0 saturated heterocycles. The third-order valence-corrected chi connectivity index (χ3v) is 2.42. The van der Waals surface area contributed by atoms with Gasteiger partial charge in [0.05, 0.1) is 6.20 Å². The number of para-hydroxylation sites is 1. The van der Waals surface area contributed by atoms with Crippen LogP contribution in [0.25, 0.3) is 5.65 Å². The Morgan fingerprint density at radius 2 is 2.06 bits per heavy atom. The second-order valence-electron chi connectivity index (χ2n) is 3.61. The number of nitrogens with zero attached hydrogens (tertiary/aromatic N) is 5. The van der Waals surface area contributed by atoms with Gasteiger partial charge in [-0.05, 0) is 12.1 Å². The van der Waals surface area contributed by atoms with Crippen molar-refractivity contribution in [1.82, 2.24) is 19.6 Å². The van der Waals surface area contributed by atoms with E-state index in [0.29, 0.717) is 17.2 Å². The molecule has 0 aliphatic carbocycles. The van der Waals surface area contributed by atoms with E-state index in [1.807, 2.05) is 36.4 Å². The van der Waals surface area contributed by atoms with E-state index in [9.17, 15) is 0 Å². The Balaban J connectivity index is 2.01. The minimum absolute atomic E-state index is 0.425. The Labute approximate surface area is 103 Å². The molecule has 0 saturated carbocycles. The number of anilines is 2. The molecular formula is C12H8N6. The first kappa shape index (κ1) is 10.2. The molecule has 0 atom stereocenters. The molecule has 0 radical (unpaired) electrons. The van der Waals surface area contributed by atoms with Crippen molar-refractivity contribution in [2.75, 3.05) is 5.32 Å². The van der Waals surface area contributed by atoms with Gasteiger partial charge in [-0.15, -0.1) is 0 Å². The van der Waals surface area contributed by atoms with E-state index in [1.165, 1.54) is 17.0 Å². The number of hydrogen-bond donors (Lipinski definition) is 1. The molecule has 1 N–H and O–H groups in total.